The lowest BCUT2D eigenvalue weighted by molar-refractivity contribution is -0.146. The molecule has 0 bridgehead atoms. The minimum atomic E-state index is -4.67. The minimum Gasteiger partial charge on any atom is -0.348 e. The summed E-state index contributed by atoms with van der Waals surface area (Å²) >= 11 is 6.18. The molecule has 180 valence electrons. The first kappa shape index (κ1) is 23.7. The van der Waals surface area contributed by atoms with E-state index in [1.54, 1.807) is 16.8 Å². The van der Waals surface area contributed by atoms with Gasteiger partial charge < -0.3 is 14.4 Å². The second-order valence-electron chi connectivity index (χ2n) is 7.85. The van der Waals surface area contributed by atoms with E-state index in [2.05, 4.69) is 25.5 Å². The number of aryl methyl sites for hydroxylation is 1. The number of benzene rings is 1. The van der Waals surface area contributed by atoms with Crippen LogP contribution in [0.3, 0.4) is 0 Å². The number of halogens is 4. The van der Waals surface area contributed by atoms with Crippen molar-refractivity contribution < 1.29 is 22.5 Å². The van der Waals surface area contributed by atoms with Gasteiger partial charge in [0.05, 0.1) is 40.0 Å². The number of nitrogens with one attached hydrogen (secondary N) is 1. The summed E-state index contributed by atoms with van der Waals surface area (Å²) in [6, 6.07) is 6.18. The Bertz CT molecular complexity index is 1340. The van der Waals surface area contributed by atoms with Crippen molar-refractivity contribution >= 4 is 28.5 Å². The quantitative estimate of drug-likeness (QED) is 0.409. The van der Waals surface area contributed by atoms with Crippen molar-refractivity contribution in [3.63, 3.8) is 0 Å². The number of fused-ring (bicyclic) bond motifs is 1. The van der Waals surface area contributed by atoms with Crippen LogP contribution in [0, 0.1) is 13.8 Å². The van der Waals surface area contributed by atoms with E-state index in [-0.39, 0.29) is 41.9 Å². The number of nitrogens with zero attached hydrogens (tertiary/aromatic N) is 6. The number of rotatable bonds is 7. The van der Waals surface area contributed by atoms with Crippen molar-refractivity contribution in [1.29, 1.82) is 0 Å². The van der Waals surface area contributed by atoms with Crippen molar-refractivity contribution in [2.24, 2.45) is 0 Å². The predicted molar refractivity (Wildman–Crippen MR) is 117 cm³/mol. The molecule has 0 saturated carbocycles. The second kappa shape index (κ2) is 9.09. The standard InChI is InChI=1S/C21H21ClF3N7O2/c1-11(32-13(3)17(22)12(2)29-32)8-9-26-18(33)19-28-16(30-34-19)10-31-15-7-5-4-6-14(15)27-20(31)21(23,24)25/h4-7,11H,8-10H2,1-3H3,(H,26,33). The van der Waals surface area contributed by atoms with Crippen LogP contribution in [0.25, 0.3) is 11.0 Å². The highest BCUT2D eigenvalue weighted by Crippen LogP contribution is 2.31. The molecule has 0 saturated heterocycles. The second-order valence-corrected chi connectivity index (χ2v) is 8.22. The van der Waals surface area contributed by atoms with Crippen LogP contribution in [0.4, 0.5) is 13.2 Å². The molecular formula is C21H21ClF3N7O2. The van der Waals surface area contributed by atoms with Gasteiger partial charge in [-0.25, -0.2) is 4.98 Å². The Morgan fingerprint density at radius 1 is 1.24 bits per heavy atom. The fraction of sp³-hybridized carbons (Fsp3) is 0.381. The summed E-state index contributed by atoms with van der Waals surface area (Å²) in [6.45, 7) is 5.56. The molecule has 0 aliphatic carbocycles. The lowest BCUT2D eigenvalue weighted by Crippen LogP contribution is -2.27. The SMILES string of the molecule is Cc1nn(C(C)CCNC(=O)c2nc(Cn3c(C(F)(F)F)nc4ccccc43)no2)c(C)c1Cl. The summed E-state index contributed by atoms with van der Waals surface area (Å²) in [5.41, 5.74) is 2.02. The smallest absolute Gasteiger partial charge is 0.348 e. The Morgan fingerprint density at radius 2 is 1.97 bits per heavy atom. The van der Waals surface area contributed by atoms with E-state index >= 15 is 0 Å². The first-order valence-electron chi connectivity index (χ1n) is 10.4. The average molecular weight is 496 g/mol. The maximum atomic E-state index is 13.5. The van der Waals surface area contributed by atoms with Crippen LogP contribution in [0.1, 0.15) is 53.1 Å². The van der Waals surface area contributed by atoms with Crippen LogP contribution in [0.5, 0.6) is 0 Å². The van der Waals surface area contributed by atoms with E-state index in [1.165, 1.54) is 12.1 Å². The maximum Gasteiger partial charge on any atom is 0.449 e. The van der Waals surface area contributed by atoms with E-state index in [0.29, 0.717) is 11.4 Å². The van der Waals surface area contributed by atoms with Gasteiger partial charge in [0.15, 0.2) is 5.82 Å². The zero-order valence-corrected chi connectivity index (χ0v) is 19.3. The molecule has 1 amide bonds. The third kappa shape index (κ3) is 4.63. The molecular weight excluding hydrogens is 475 g/mol. The molecule has 1 unspecified atom stereocenters. The van der Waals surface area contributed by atoms with Crippen LogP contribution in [-0.4, -0.2) is 41.9 Å². The molecule has 9 nitrogen and oxygen atoms in total. The van der Waals surface area contributed by atoms with Crippen LogP contribution in [0.15, 0.2) is 28.8 Å². The van der Waals surface area contributed by atoms with E-state index in [0.717, 1.165) is 16.0 Å². The molecule has 1 atom stereocenters. The molecule has 3 heterocycles. The van der Waals surface area contributed by atoms with Gasteiger partial charge in [-0.3, -0.25) is 9.48 Å². The fourth-order valence-electron chi connectivity index (χ4n) is 3.67. The van der Waals surface area contributed by atoms with Crippen molar-refractivity contribution in [2.75, 3.05) is 6.54 Å². The number of imidazole rings is 1. The van der Waals surface area contributed by atoms with Gasteiger partial charge in [-0.2, -0.15) is 23.3 Å². The molecule has 4 rings (SSSR count). The highest BCUT2D eigenvalue weighted by atomic mass is 35.5. The summed E-state index contributed by atoms with van der Waals surface area (Å²) in [4.78, 5) is 20.0. The minimum absolute atomic E-state index is 0.0277. The number of hydrogen-bond acceptors (Lipinski definition) is 6. The molecule has 0 aliphatic rings. The van der Waals surface area contributed by atoms with Gasteiger partial charge in [-0.1, -0.05) is 28.9 Å². The zero-order chi connectivity index (χ0) is 24.6. The summed E-state index contributed by atoms with van der Waals surface area (Å²) < 4.78 is 48.1. The van der Waals surface area contributed by atoms with Crippen LogP contribution < -0.4 is 5.32 Å². The number of aromatic nitrogens is 6. The fourth-order valence-corrected chi connectivity index (χ4v) is 3.79. The first-order chi connectivity index (χ1) is 16.1. The van der Waals surface area contributed by atoms with Gasteiger partial charge in [-0.05, 0) is 39.3 Å². The molecule has 0 aliphatic heterocycles. The first-order valence-corrected chi connectivity index (χ1v) is 10.8. The van der Waals surface area contributed by atoms with Crippen LogP contribution >= 0.6 is 11.6 Å². The number of amides is 1. The Kier molecular flexibility index (Phi) is 6.34. The number of para-hydroxylation sites is 2. The topological polar surface area (TPSA) is 104 Å². The monoisotopic (exact) mass is 495 g/mol. The predicted octanol–water partition coefficient (Wildman–Crippen LogP) is 4.33. The molecule has 34 heavy (non-hydrogen) atoms. The third-order valence-electron chi connectivity index (χ3n) is 5.37. The molecule has 1 aromatic carbocycles. The van der Waals surface area contributed by atoms with Crippen LogP contribution in [0.2, 0.25) is 5.02 Å². The van der Waals surface area contributed by atoms with Gasteiger partial charge >= 0.3 is 18.0 Å². The molecule has 0 radical (unpaired) electrons. The van der Waals surface area contributed by atoms with E-state index in [9.17, 15) is 18.0 Å². The van der Waals surface area contributed by atoms with E-state index in [4.69, 9.17) is 16.1 Å². The van der Waals surface area contributed by atoms with Crippen LogP contribution in [-0.2, 0) is 12.7 Å². The van der Waals surface area contributed by atoms with Crippen molar-refractivity contribution in [2.45, 2.75) is 46.0 Å². The lowest BCUT2D eigenvalue weighted by Gasteiger charge is -2.14. The highest BCUT2D eigenvalue weighted by molar-refractivity contribution is 6.31. The van der Waals surface area contributed by atoms with Gasteiger partial charge in [0.25, 0.3) is 0 Å². The molecule has 13 heteroatoms. The molecule has 3 aromatic heterocycles. The van der Waals surface area contributed by atoms with Gasteiger partial charge in [0.2, 0.25) is 5.82 Å². The Labute approximate surface area is 196 Å². The Morgan fingerprint density at radius 3 is 2.65 bits per heavy atom. The third-order valence-corrected chi connectivity index (χ3v) is 5.92. The number of carbonyl (C=O) groups is 1. The number of carbonyl (C=O) groups excluding carboxylic acids is 1. The molecule has 1 N–H and O–H groups in total. The highest BCUT2D eigenvalue weighted by Gasteiger charge is 2.38. The normalized spacial score (nSPS) is 12.9. The van der Waals surface area contributed by atoms with Crippen molar-refractivity contribution in [3.8, 4) is 0 Å². The Hall–Kier alpha value is -3.41. The van der Waals surface area contributed by atoms with E-state index in [1.807, 2.05) is 20.8 Å². The summed E-state index contributed by atoms with van der Waals surface area (Å²) in [6.07, 6.45) is -4.11. The summed E-state index contributed by atoms with van der Waals surface area (Å²) in [5, 5.41) is 11.3. The van der Waals surface area contributed by atoms with E-state index < -0.39 is 17.9 Å². The Balaban J connectivity index is 1.42. The maximum absolute atomic E-state index is 13.5. The number of hydrogen-bond donors (Lipinski definition) is 1. The summed E-state index contributed by atoms with van der Waals surface area (Å²) in [5.74, 6) is -2.12. The number of alkyl halides is 3. The largest absolute Gasteiger partial charge is 0.449 e. The average Bonchev–Trinajstić information content (AvgIpc) is 3.47. The van der Waals surface area contributed by atoms with Gasteiger partial charge in [0, 0.05) is 6.54 Å². The van der Waals surface area contributed by atoms with Gasteiger partial charge in [-0.15, -0.1) is 0 Å². The van der Waals surface area contributed by atoms with Gasteiger partial charge in [0.1, 0.15) is 0 Å². The molecule has 4 aromatic rings. The van der Waals surface area contributed by atoms with Crippen molar-refractivity contribution in [1.82, 2.24) is 34.8 Å². The lowest BCUT2D eigenvalue weighted by atomic mass is 10.2. The van der Waals surface area contributed by atoms with Crippen molar-refractivity contribution in [3.05, 3.63) is 58.2 Å². The zero-order valence-electron chi connectivity index (χ0n) is 18.5. The molecule has 0 fully saturated rings. The molecule has 0 spiro atoms. The summed E-state index contributed by atoms with van der Waals surface area (Å²) in [7, 11) is 0.